The Balaban J connectivity index is 2.26. The van der Waals surface area contributed by atoms with Gasteiger partial charge in [-0.1, -0.05) is 11.8 Å². The van der Waals surface area contributed by atoms with Crippen LogP contribution < -0.4 is 5.73 Å². The standard InChI is InChI=1S/C7H11N3S/c8-4-3-7(1-2-7)5-11-6(9)10/h1-3,5H2,(H3,9,10). The highest BCUT2D eigenvalue weighted by Gasteiger charge is 2.42. The first-order chi connectivity index (χ1) is 5.18. The van der Waals surface area contributed by atoms with Crippen molar-refractivity contribution in [1.29, 1.82) is 10.7 Å². The van der Waals surface area contributed by atoms with Gasteiger partial charge >= 0.3 is 0 Å². The molecular weight excluding hydrogens is 158 g/mol. The maximum absolute atomic E-state index is 8.46. The van der Waals surface area contributed by atoms with Gasteiger partial charge in [0.25, 0.3) is 0 Å². The van der Waals surface area contributed by atoms with Crippen molar-refractivity contribution in [2.45, 2.75) is 19.3 Å². The molecule has 0 aromatic carbocycles. The van der Waals surface area contributed by atoms with Gasteiger partial charge in [-0.25, -0.2) is 0 Å². The van der Waals surface area contributed by atoms with Gasteiger partial charge in [0.2, 0.25) is 0 Å². The maximum Gasteiger partial charge on any atom is 0.151 e. The Morgan fingerprint density at radius 3 is 2.73 bits per heavy atom. The van der Waals surface area contributed by atoms with Gasteiger partial charge in [-0.05, 0) is 18.3 Å². The average molecular weight is 169 g/mol. The number of hydrogen-bond acceptors (Lipinski definition) is 3. The molecule has 1 aliphatic carbocycles. The lowest BCUT2D eigenvalue weighted by Gasteiger charge is -2.07. The second-order valence-corrected chi connectivity index (χ2v) is 4.00. The SMILES string of the molecule is N#CCC1(CSC(=N)N)CC1. The summed E-state index contributed by atoms with van der Waals surface area (Å²) in [6.07, 6.45) is 2.87. The van der Waals surface area contributed by atoms with Crippen molar-refractivity contribution >= 4 is 16.9 Å². The van der Waals surface area contributed by atoms with Crippen molar-refractivity contribution in [2.75, 3.05) is 5.75 Å². The highest BCUT2D eigenvalue weighted by Crippen LogP contribution is 2.50. The quantitative estimate of drug-likeness (QED) is 0.494. The molecular formula is C7H11N3S. The fourth-order valence-corrected chi connectivity index (χ4v) is 1.80. The number of rotatable bonds is 3. The topological polar surface area (TPSA) is 73.7 Å². The molecule has 0 aromatic rings. The van der Waals surface area contributed by atoms with Crippen molar-refractivity contribution in [3.8, 4) is 6.07 Å². The molecule has 1 aliphatic rings. The van der Waals surface area contributed by atoms with E-state index < -0.39 is 0 Å². The van der Waals surface area contributed by atoms with E-state index in [-0.39, 0.29) is 10.6 Å². The molecule has 3 nitrogen and oxygen atoms in total. The molecule has 1 rings (SSSR count). The highest BCUT2D eigenvalue weighted by molar-refractivity contribution is 8.13. The Hall–Kier alpha value is -0.690. The summed E-state index contributed by atoms with van der Waals surface area (Å²) in [4.78, 5) is 0. The molecule has 0 aliphatic heterocycles. The van der Waals surface area contributed by atoms with Crippen LogP contribution in [0.5, 0.6) is 0 Å². The molecule has 1 saturated carbocycles. The third-order valence-corrected chi connectivity index (χ3v) is 3.01. The van der Waals surface area contributed by atoms with E-state index in [9.17, 15) is 0 Å². The van der Waals surface area contributed by atoms with E-state index in [0.29, 0.717) is 6.42 Å². The second kappa shape index (κ2) is 3.14. The average Bonchev–Trinajstić information content (AvgIpc) is 2.67. The summed E-state index contributed by atoms with van der Waals surface area (Å²) >= 11 is 1.35. The maximum atomic E-state index is 8.46. The number of thioether (sulfide) groups is 1. The lowest BCUT2D eigenvalue weighted by Crippen LogP contribution is -2.10. The molecule has 0 aromatic heterocycles. The molecule has 0 heterocycles. The molecule has 0 saturated heterocycles. The molecule has 0 radical (unpaired) electrons. The van der Waals surface area contributed by atoms with E-state index in [1.165, 1.54) is 11.8 Å². The van der Waals surface area contributed by atoms with Gasteiger partial charge in [-0.3, -0.25) is 5.41 Å². The molecule has 4 heteroatoms. The molecule has 0 atom stereocenters. The number of nitriles is 1. The smallest absolute Gasteiger partial charge is 0.151 e. The van der Waals surface area contributed by atoms with E-state index >= 15 is 0 Å². The Bertz CT molecular complexity index is 202. The third-order valence-electron chi connectivity index (χ3n) is 1.95. The zero-order valence-electron chi connectivity index (χ0n) is 6.26. The van der Waals surface area contributed by atoms with E-state index in [2.05, 4.69) is 6.07 Å². The highest BCUT2D eigenvalue weighted by atomic mass is 32.2. The van der Waals surface area contributed by atoms with Crippen LogP contribution in [0.3, 0.4) is 0 Å². The van der Waals surface area contributed by atoms with Crippen LogP contribution in [0.25, 0.3) is 0 Å². The Kier molecular flexibility index (Phi) is 2.40. The number of nitrogens with two attached hydrogens (primary N) is 1. The van der Waals surface area contributed by atoms with Crippen LogP contribution in [-0.4, -0.2) is 10.9 Å². The van der Waals surface area contributed by atoms with Gasteiger partial charge in [0.15, 0.2) is 5.17 Å². The van der Waals surface area contributed by atoms with Crippen molar-refractivity contribution < 1.29 is 0 Å². The first-order valence-corrected chi connectivity index (χ1v) is 4.51. The molecule has 3 N–H and O–H groups in total. The predicted octanol–water partition coefficient (Wildman–Crippen LogP) is 1.31. The van der Waals surface area contributed by atoms with E-state index in [4.69, 9.17) is 16.4 Å². The van der Waals surface area contributed by atoms with Gasteiger partial charge in [0, 0.05) is 12.2 Å². The molecule has 0 bridgehead atoms. The number of amidine groups is 1. The molecule has 0 amide bonds. The molecule has 11 heavy (non-hydrogen) atoms. The van der Waals surface area contributed by atoms with Gasteiger partial charge in [-0.2, -0.15) is 5.26 Å². The van der Waals surface area contributed by atoms with Gasteiger partial charge in [-0.15, -0.1) is 0 Å². The monoisotopic (exact) mass is 169 g/mol. The minimum absolute atomic E-state index is 0.161. The van der Waals surface area contributed by atoms with E-state index in [1.807, 2.05) is 0 Å². The normalized spacial score (nSPS) is 18.8. The summed E-state index contributed by atoms with van der Waals surface area (Å²) in [6.45, 7) is 0. The lowest BCUT2D eigenvalue weighted by atomic mass is 10.1. The number of hydrogen-bond donors (Lipinski definition) is 2. The number of nitrogens with zero attached hydrogens (tertiary/aromatic N) is 1. The summed E-state index contributed by atoms with van der Waals surface area (Å²) < 4.78 is 0. The molecule has 60 valence electrons. The van der Waals surface area contributed by atoms with Crippen LogP contribution in [-0.2, 0) is 0 Å². The Morgan fingerprint density at radius 1 is 1.73 bits per heavy atom. The van der Waals surface area contributed by atoms with Crippen molar-refractivity contribution in [3.05, 3.63) is 0 Å². The van der Waals surface area contributed by atoms with E-state index in [0.717, 1.165) is 18.6 Å². The van der Waals surface area contributed by atoms with Crippen LogP contribution >= 0.6 is 11.8 Å². The van der Waals surface area contributed by atoms with Crippen LogP contribution in [0.4, 0.5) is 0 Å². The summed E-state index contributed by atoms with van der Waals surface area (Å²) in [7, 11) is 0. The van der Waals surface area contributed by atoms with Crippen molar-refractivity contribution in [1.82, 2.24) is 0 Å². The van der Waals surface area contributed by atoms with Crippen molar-refractivity contribution in [2.24, 2.45) is 11.1 Å². The first kappa shape index (κ1) is 8.41. The molecule has 1 fully saturated rings. The number of nitrogens with one attached hydrogen (secondary N) is 1. The Labute approximate surface area is 70.5 Å². The summed E-state index contributed by atoms with van der Waals surface area (Å²) in [5.41, 5.74) is 5.40. The summed E-state index contributed by atoms with van der Waals surface area (Å²) in [5.74, 6) is 0.843. The van der Waals surface area contributed by atoms with Gasteiger partial charge in [0.05, 0.1) is 6.07 Å². The second-order valence-electron chi connectivity index (χ2n) is 2.99. The Morgan fingerprint density at radius 2 is 2.36 bits per heavy atom. The lowest BCUT2D eigenvalue weighted by molar-refractivity contribution is 0.605. The predicted molar refractivity (Wildman–Crippen MR) is 46.3 cm³/mol. The molecule has 0 unspecified atom stereocenters. The van der Waals surface area contributed by atoms with Gasteiger partial charge < -0.3 is 5.73 Å². The fourth-order valence-electron chi connectivity index (χ4n) is 0.947. The van der Waals surface area contributed by atoms with Gasteiger partial charge in [0.1, 0.15) is 0 Å². The van der Waals surface area contributed by atoms with Crippen molar-refractivity contribution in [3.63, 3.8) is 0 Å². The first-order valence-electron chi connectivity index (χ1n) is 3.52. The van der Waals surface area contributed by atoms with Crippen LogP contribution in [0.15, 0.2) is 0 Å². The summed E-state index contributed by atoms with van der Waals surface area (Å²) in [5, 5.41) is 15.6. The minimum atomic E-state index is 0.161. The zero-order chi connectivity index (χ0) is 8.32. The van der Waals surface area contributed by atoms with Crippen LogP contribution in [0, 0.1) is 22.2 Å². The largest absolute Gasteiger partial charge is 0.379 e. The summed E-state index contributed by atoms with van der Waals surface area (Å²) in [6, 6.07) is 2.17. The fraction of sp³-hybridized carbons (Fsp3) is 0.714. The van der Waals surface area contributed by atoms with E-state index in [1.54, 1.807) is 0 Å². The zero-order valence-corrected chi connectivity index (χ0v) is 7.08. The third kappa shape index (κ3) is 2.43. The molecule has 0 spiro atoms. The van der Waals surface area contributed by atoms with Crippen LogP contribution in [0.1, 0.15) is 19.3 Å². The minimum Gasteiger partial charge on any atom is -0.379 e. The van der Waals surface area contributed by atoms with Crippen LogP contribution in [0.2, 0.25) is 0 Å².